The van der Waals surface area contributed by atoms with E-state index in [1.807, 2.05) is 43.3 Å². The van der Waals surface area contributed by atoms with E-state index >= 15 is 0 Å². The van der Waals surface area contributed by atoms with Crippen LogP contribution >= 0.6 is 15.9 Å². The minimum absolute atomic E-state index is 0.440. The normalized spacial score (nSPS) is 14.3. The Balaban J connectivity index is 1.89. The molecule has 2 aromatic rings. The predicted octanol–water partition coefficient (Wildman–Crippen LogP) is 3.35. The van der Waals surface area contributed by atoms with Crippen LogP contribution < -0.4 is 5.32 Å². The summed E-state index contributed by atoms with van der Waals surface area (Å²) in [7, 11) is 0. The van der Waals surface area contributed by atoms with Crippen molar-refractivity contribution in [2.75, 3.05) is 6.54 Å². The van der Waals surface area contributed by atoms with Crippen LogP contribution in [0.4, 0.5) is 0 Å². The lowest BCUT2D eigenvalue weighted by Gasteiger charge is -2.21. The Morgan fingerprint density at radius 1 is 1.21 bits per heavy atom. The van der Waals surface area contributed by atoms with E-state index in [1.54, 1.807) is 6.92 Å². The molecule has 1 aromatic heterocycles. The summed E-state index contributed by atoms with van der Waals surface area (Å²) in [5.74, 6) is 1.40. The monoisotopic (exact) mass is 323 g/mol. The molecule has 2 N–H and O–H groups in total. The van der Waals surface area contributed by atoms with E-state index in [1.165, 1.54) is 5.56 Å². The summed E-state index contributed by atoms with van der Waals surface area (Å²) in [6.07, 6.45) is 0. The third-order valence-corrected chi connectivity index (χ3v) is 3.51. The van der Waals surface area contributed by atoms with Gasteiger partial charge in [0.25, 0.3) is 0 Å². The van der Waals surface area contributed by atoms with Crippen molar-refractivity contribution < 1.29 is 9.52 Å². The van der Waals surface area contributed by atoms with E-state index < -0.39 is 5.60 Å². The van der Waals surface area contributed by atoms with Gasteiger partial charge in [-0.2, -0.15) is 0 Å². The molecule has 0 spiro atoms. The van der Waals surface area contributed by atoms with Crippen LogP contribution in [0.2, 0.25) is 0 Å². The second-order valence-electron chi connectivity index (χ2n) is 4.91. The molecule has 4 heteroatoms. The number of benzene rings is 1. The highest BCUT2D eigenvalue weighted by Gasteiger charge is 2.26. The quantitative estimate of drug-likeness (QED) is 0.887. The molecule has 0 fully saturated rings. The van der Waals surface area contributed by atoms with Crippen molar-refractivity contribution in [3.8, 4) is 0 Å². The molecule has 0 aliphatic rings. The van der Waals surface area contributed by atoms with Crippen LogP contribution in [0.25, 0.3) is 0 Å². The lowest BCUT2D eigenvalue weighted by atomic mass is 10.0. The molecule has 19 heavy (non-hydrogen) atoms. The lowest BCUT2D eigenvalue weighted by Crippen LogP contribution is -2.34. The van der Waals surface area contributed by atoms with E-state index in [4.69, 9.17) is 4.42 Å². The molecule has 0 aliphatic heterocycles. The highest BCUT2D eigenvalue weighted by atomic mass is 79.9. The Kier molecular flexibility index (Phi) is 4.45. The summed E-state index contributed by atoms with van der Waals surface area (Å²) in [6.45, 7) is 4.77. The van der Waals surface area contributed by atoms with Crippen molar-refractivity contribution in [3.05, 3.63) is 58.0 Å². The van der Waals surface area contributed by atoms with Crippen LogP contribution in [0, 0.1) is 6.92 Å². The SMILES string of the molecule is Cc1ccc(C(C)(O)CNCc2ccc(Br)cc2)o1. The van der Waals surface area contributed by atoms with Gasteiger partial charge in [-0.1, -0.05) is 28.1 Å². The highest BCUT2D eigenvalue weighted by Crippen LogP contribution is 2.22. The number of furan rings is 1. The summed E-state index contributed by atoms with van der Waals surface area (Å²) < 4.78 is 6.53. The molecule has 1 unspecified atom stereocenters. The van der Waals surface area contributed by atoms with Gasteiger partial charge in [-0.3, -0.25) is 0 Å². The molecule has 3 nitrogen and oxygen atoms in total. The molecular weight excluding hydrogens is 306 g/mol. The molecule has 1 aromatic carbocycles. The van der Waals surface area contributed by atoms with Gasteiger partial charge in [-0.25, -0.2) is 0 Å². The zero-order valence-corrected chi connectivity index (χ0v) is 12.7. The Morgan fingerprint density at radius 2 is 1.89 bits per heavy atom. The molecule has 0 saturated carbocycles. The van der Waals surface area contributed by atoms with E-state index in [-0.39, 0.29) is 0 Å². The maximum Gasteiger partial charge on any atom is 0.136 e. The lowest BCUT2D eigenvalue weighted by molar-refractivity contribution is 0.0333. The molecule has 2 rings (SSSR count). The predicted molar refractivity (Wildman–Crippen MR) is 78.9 cm³/mol. The van der Waals surface area contributed by atoms with Gasteiger partial charge in [0.1, 0.15) is 17.1 Å². The first-order valence-corrected chi connectivity index (χ1v) is 7.01. The number of rotatable bonds is 5. The van der Waals surface area contributed by atoms with Gasteiger partial charge >= 0.3 is 0 Å². The van der Waals surface area contributed by atoms with Crippen molar-refractivity contribution >= 4 is 15.9 Å². The minimum atomic E-state index is -0.996. The Morgan fingerprint density at radius 3 is 2.47 bits per heavy atom. The highest BCUT2D eigenvalue weighted by molar-refractivity contribution is 9.10. The smallest absolute Gasteiger partial charge is 0.136 e. The number of hydrogen-bond acceptors (Lipinski definition) is 3. The first-order chi connectivity index (χ1) is 8.97. The Labute approximate surface area is 121 Å². The van der Waals surface area contributed by atoms with Gasteiger partial charge in [0.15, 0.2) is 0 Å². The minimum Gasteiger partial charge on any atom is -0.463 e. The van der Waals surface area contributed by atoms with Crippen molar-refractivity contribution in [1.29, 1.82) is 0 Å². The van der Waals surface area contributed by atoms with Gasteiger partial charge in [0, 0.05) is 17.6 Å². The van der Waals surface area contributed by atoms with E-state index in [2.05, 4.69) is 21.2 Å². The van der Waals surface area contributed by atoms with Gasteiger partial charge in [-0.15, -0.1) is 0 Å². The van der Waals surface area contributed by atoms with E-state index in [0.29, 0.717) is 18.8 Å². The molecular formula is C15H18BrNO2. The van der Waals surface area contributed by atoms with Crippen molar-refractivity contribution in [2.24, 2.45) is 0 Å². The van der Waals surface area contributed by atoms with Crippen molar-refractivity contribution in [2.45, 2.75) is 26.0 Å². The average molecular weight is 324 g/mol. The van der Waals surface area contributed by atoms with Gasteiger partial charge in [0.2, 0.25) is 0 Å². The number of nitrogens with one attached hydrogen (secondary N) is 1. The number of aryl methyl sites for hydroxylation is 1. The average Bonchev–Trinajstić information content (AvgIpc) is 2.79. The standard InChI is InChI=1S/C15H18BrNO2/c1-11-3-8-14(19-11)15(2,18)10-17-9-12-4-6-13(16)7-5-12/h3-8,17-18H,9-10H2,1-2H3. The van der Waals surface area contributed by atoms with Gasteiger partial charge in [0.05, 0.1) is 0 Å². The summed E-state index contributed by atoms with van der Waals surface area (Å²) in [6, 6.07) is 11.8. The molecule has 0 saturated heterocycles. The number of halogens is 1. The van der Waals surface area contributed by atoms with Crippen LogP contribution in [0.1, 0.15) is 24.0 Å². The summed E-state index contributed by atoms with van der Waals surface area (Å²) in [5, 5.41) is 13.6. The van der Waals surface area contributed by atoms with E-state index in [0.717, 1.165) is 10.2 Å². The first kappa shape index (κ1) is 14.3. The maximum atomic E-state index is 10.4. The first-order valence-electron chi connectivity index (χ1n) is 6.22. The largest absolute Gasteiger partial charge is 0.463 e. The molecule has 0 radical (unpaired) electrons. The van der Waals surface area contributed by atoms with Crippen LogP contribution in [-0.2, 0) is 12.1 Å². The maximum absolute atomic E-state index is 10.4. The van der Waals surface area contributed by atoms with Crippen LogP contribution in [0.3, 0.4) is 0 Å². The second-order valence-corrected chi connectivity index (χ2v) is 5.83. The summed E-state index contributed by atoms with van der Waals surface area (Å²) in [5.41, 5.74) is 0.179. The second kappa shape index (κ2) is 5.90. The fourth-order valence-electron chi connectivity index (χ4n) is 1.86. The molecule has 102 valence electrons. The fourth-order valence-corrected chi connectivity index (χ4v) is 2.13. The number of hydrogen-bond donors (Lipinski definition) is 2. The number of aliphatic hydroxyl groups is 1. The summed E-state index contributed by atoms with van der Waals surface area (Å²) >= 11 is 3.41. The molecule has 1 atom stereocenters. The van der Waals surface area contributed by atoms with Gasteiger partial charge in [-0.05, 0) is 43.7 Å². The third kappa shape index (κ3) is 3.93. The van der Waals surface area contributed by atoms with Crippen molar-refractivity contribution in [1.82, 2.24) is 5.32 Å². The van der Waals surface area contributed by atoms with Crippen LogP contribution in [-0.4, -0.2) is 11.7 Å². The Hall–Kier alpha value is -1.10. The van der Waals surface area contributed by atoms with Crippen LogP contribution in [0.5, 0.6) is 0 Å². The zero-order chi connectivity index (χ0) is 13.9. The summed E-state index contributed by atoms with van der Waals surface area (Å²) in [4.78, 5) is 0. The molecule has 0 amide bonds. The zero-order valence-electron chi connectivity index (χ0n) is 11.1. The Bertz CT molecular complexity index is 531. The fraction of sp³-hybridized carbons (Fsp3) is 0.333. The third-order valence-electron chi connectivity index (χ3n) is 2.98. The topological polar surface area (TPSA) is 45.4 Å². The van der Waals surface area contributed by atoms with Gasteiger partial charge < -0.3 is 14.8 Å². The van der Waals surface area contributed by atoms with E-state index in [9.17, 15) is 5.11 Å². The van der Waals surface area contributed by atoms with Crippen molar-refractivity contribution in [3.63, 3.8) is 0 Å². The molecule has 0 aliphatic carbocycles. The molecule has 1 heterocycles. The van der Waals surface area contributed by atoms with Crippen LogP contribution in [0.15, 0.2) is 45.3 Å². The molecule has 0 bridgehead atoms.